The van der Waals surface area contributed by atoms with Gasteiger partial charge in [-0.3, -0.25) is 14.9 Å². The number of fused-ring (bicyclic) bond motifs is 1. The first-order valence-corrected chi connectivity index (χ1v) is 7.25. The Kier molecular flexibility index (Phi) is 3.66. The zero-order valence-corrected chi connectivity index (χ0v) is 12.8. The van der Waals surface area contributed by atoms with Gasteiger partial charge in [0.1, 0.15) is 5.82 Å². The smallest absolute Gasteiger partial charge is 0.270 e. The number of nitro benzene ring substituents is 1. The van der Waals surface area contributed by atoms with Crippen LogP contribution in [0.15, 0.2) is 40.9 Å². The van der Waals surface area contributed by atoms with E-state index < -0.39 is 10.7 Å². The molecule has 0 bridgehead atoms. The molecule has 0 aliphatic carbocycles. The number of hydrogen-bond acceptors (Lipinski definition) is 3. The lowest BCUT2D eigenvalue weighted by molar-refractivity contribution is -0.385. The lowest BCUT2D eigenvalue weighted by Gasteiger charge is -2.15. The fraction of sp³-hybridized carbons (Fsp3) is 0.133. The number of amides is 1. The molecule has 1 heterocycles. The predicted octanol–water partition coefficient (Wildman–Crippen LogP) is 3.65. The minimum atomic E-state index is -0.463. The van der Waals surface area contributed by atoms with Gasteiger partial charge in [0, 0.05) is 35.3 Å². The van der Waals surface area contributed by atoms with Crippen LogP contribution in [0.2, 0.25) is 0 Å². The van der Waals surface area contributed by atoms with Crippen molar-refractivity contribution in [2.24, 2.45) is 0 Å². The van der Waals surface area contributed by atoms with Gasteiger partial charge in [0.25, 0.3) is 11.6 Å². The third kappa shape index (κ3) is 2.59. The Bertz CT molecular complexity index is 777. The third-order valence-electron chi connectivity index (χ3n) is 3.57. The highest BCUT2D eigenvalue weighted by Gasteiger charge is 2.28. The van der Waals surface area contributed by atoms with E-state index in [4.69, 9.17) is 0 Å². The van der Waals surface area contributed by atoms with Crippen molar-refractivity contribution in [2.45, 2.75) is 13.1 Å². The summed E-state index contributed by atoms with van der Waals surface area (Å²) in [5.74, 6) is -0.634. The lowest BCUT2D eigenvalue weighted by Crippen LogP contribution is -2.25. The molecule has 2 aromatic carbocycles. The van der Waals surface area contributed by atoms with Gasteiger partial charge in [0.2, 0.25) is 0 Å². The number of carbonyl (C=O) groups excluding carboxylic acids is 1. The first-order valence-electron chi connectivity index (χ1n) is 6.46. The van der Waals surface area contributed by atoms with Crippen molar-refractivity contribution < 1.29 is 14.1 Å². The van der Waals surface area contributed by atoms with E-state index in [0.29, 0.717) is 23.1 Å². The van der Waals surface area contributed by atoms with Crippen molar-refractivity contribution in [3.63, 3.8) is 0 Å². The summed E-state index contributed by atoms with van der Waals surface area (Å²) in [5, 5.41) is 10.9. The van der Waals surface area contributed by atoms with Gasteiger partial charge in [-0.2, -0.15) is 0 Å². The number of nitro groups is 1. The minimum Gasteiger partial charge on any atom is -0.330 e. The van der Waals surface area contributed by atoms with Crippen LogP contribution in [0.3, 0.4) is 0 Å². The summed E-state index contributed by atoms with van der Waals surface area (Å²) in [6, 6.07) is 8.24. The largest absolute Gasteiger partial charge is 0.330 e. The molecule has 0 spiro atoms. The fourth-order valence-electron chi connectivity index (χ4n) is 2.47. The van der Waals surface area contributed by atoms with Crippen LogP contribution in [0.25, 0.3) is 0 Å². The van der Waals surface area contributed by atoms with Gasteiger partial charge in [-0.15, -0.1) is 0 Å². The van der Waals surface area contributed by atoms with E-state index >= 15 is 0 Å². The zero-order valence-electron chi connectivity index (χ0n) is 11.3. The molecule has 22 heavy (non-hydrogen) atoms. The van der Waals surface area contributed by atoms with Gasteiger partial charge >= 0.3 is 0 Å². The summed E-state index contributed by atoms with van der Waals surface area (Å²) in [6.45, 7) is 0.663. The molecular formula is C15H10BrFN2O3. The monoisotopic (exact) mass is 364 g/mol. The first-order chi connectivity index (χ1) is 10.5. The zero-order chi connectivity index (χ0) is 15.9. The highest BCUT2D eigenvalue weighted by atomic mass is 79.9. The van der Waals surface area contributed by atoms with Crippen LogP contribution in [0.5, 0.6) is 0 Å². The number of non-ortho nitro benzene ring substituents is 1. The lowest BCUT2D eigenvalue weighted by atomic mass is 10.1. The van der Waals surface area contributed by atoms with Crippen LogP contribution in [0.1, 0.15) is 21.5 Å². The summed E-state index contributed by atoms with van der Waals surface area (Å²) >= 11 is 3.32. The molecule has 3 rings (SSSR count). The van der Waals surface area contributed by atoms with Crippen LogP contribution in [0, 0.1) is 15.9 Å². The van der Waals surface area contributed by atoms with E-state index in [2.05, 4.69) is 15.9 Å². The third-order valence-corrected chi connectivity index (χ3v) is 4.28. The maximum Gasteiger partial charge on any atom is 0.270 e. The molecule has 7 heteroatoms. The van der Waals surface area contributed by atoms with Gasteiger partial charge in [-0.25, -0.2) is 4.39 Å². The molecule has 112 valence electrons. The maximum atomic E-state index is 12.9. The van der Waals surface area contributed by atoms with Crippen molar-refractivity contribution >= 4 is 27.5 Å². The molecule has 0 fully saturated rings. The van der Waals surface area contributed by atoms with Crippen molar-refractivity contribution in [1.29, 1.82) is 0 Å². The molecular weight excluding hydrogens is 355 g/mol. The Hall–Kier alpha value is -2.28. The average Bonchev–Trinajstić information content (AvgIpc) is 2.92. The molecule has 5 nitrogen and oxygen atoms in total. The van der Waals surface area contributed by atoms with E-state index in [1.54, 1.807) is 4.90 Å². The molecule has 1 aliphatic heterocycles. The normalized spacial score (nSPS) is 13.1. The standard InChI is InChI=1S/C15H10BrFN2O3/c16-14-6-12(19(21)22)5-10-7-18(8-13(10)14)15(20)9-1-3-11(17)4-2-9/h1-6H,7-8H2. The average molecular weight is 365 g/mol. The molecule has 0 aromatic heterocycles. The second kappa shape index (κ2) is 5.49. The molecule has 0 saturated heterocycles. The van der Waals surface area contributed by atoms with E-state index in [-0.39, 0.29) is 11.6 Å². The topological polar surface area (TPSA) is 63.5 Å². The van der Waals surface area contributed by atoms with E-state index in [1.807, 2.05) is 0 Å². The van der Waals surface area contributed by atoms with Crippen LogP contribution in [-0.2, 0) is 13.1 Å². The van der Waals surface area contributed by atoms with Gasteiger partial charge < -0.3 is 4.90 Å². The second-order valence-electron chi connectivity index (χ2n) is 4.99. The number of benzene rings is 2. The van der Waals surface area contributed by atoms with Crippen molar-refractivity contribution in [3.05, 3.63) is 73.5 Å². The minimum absolute atomic E-state index is 0.0123. The number of hydrogen-bond donors (Lipinski definition) is 0. The molecule has 0 radical (unpaired) electrons. The second-order valence-corrected chi connectivity index (χ2v) is 5.84. The van der Waals surface area contributed by atoms with Crippen LogP contribution >= 0.6 is 15.9 Å². The highest BCUT2D eigenvalue weighted by Crippen LogP contribution is 2.34. The SMILES string of the molecule is O=C(c1ccc(F)cc1)N1Cc2cc([N+](=O)[O-])cc(Br)c2C1. The Morgan fingerprint density at radius 2 is 1.91 bits per heavy atom. The number of rotatable bonds is 2. The Labute approximate surface area is 133 Å². The van der Waals surface area contributed by atoms with Crippen molar-refractivity contribution in [3.8, 4) is 0 Å². The van der Waals surface area contributed by atoms with Gasteiger partial charge in [0.05, 0.1) is 4.92 Å². The Balaban J connectivity index is 1.88. The summed E-state index contributed by atoms with van der Waals surface area (Å²) in [5.41, 5.74) is 1.99. The summed E-state index contributed by atoms with van der Waals surface area (Å²) in [7, 11) is 0. The number of halogens is 2. The summed E-state index contributed by atoms with van der Waals surface area (Å²) in [4.78, 5) is 24.4. The van der Waals surface area contributed by atoms with Gasteiger partial charge in [-0.05, 0) is 35.4 Å². The highest BCUT2D eigenvalue weighted by molar-refractivity contribution is 9.10. The van der Waals surface area contributed by atoms with Crippen LogP contribution in [0.4, 0.5) is 10.1 Å². The molecule has 0 atom stereocenters. The van der Waals surface area contributed by atoms with Gasteiger partial charge in [0.15, 0.2) is 0 Å². The molecule has 0 N–H and O–H groups in total. The van der Waals surface area contributed by atoms with E-state index in [1.165, 1.54) is 36.4 Å². The molecule has 0 unspecified atom stereocenters. The molecule has 1 amide bonds. The van der Waals surface area contributed by atoms with Crippen LogP contribution in [-0.4, -0.2) is 15.7 Å². The quantitative estimate of drug-likeness (QED) is 0.603. The summed E-state index contributed by atoms with van der Waals surface area (Å²) in [6.07, 6.45) is 0. The van der Waals surface area contributed by atoms with Crippen LogP contribution < -0.4 is 0 Å². The Morgan fingerprint density at radius 3 is 2.55 bits per heavy atom. The van der Waals surface area contributed by atoms with E-state index in [0.717, 1.165) is 11.1 Å². The Morgan fingerprint density at radius 1 is 1.23 bits per heavy atom. The predicted molar refractivity (Wildman–Crippen MR) is 80.8 cm³/mol. The first kappa shape index (κ1) is 14.6. The maximum absolute atomic E-state index is 12.9. The molecule has 1 aliphatic rings. The van der Waals surface area contributed by atoms with Crippen molar-refractivity contribution in [2.75, 3.05) is 0 Å². The molecule has 0 saturated carbocycles. The molecule has 2 aromatic rings. The number of nitrogens with zero attached hydrogens (tertiary/aromatic N) is 2. The summed E-state index contributed by atoms with van der Waals surface area (Å²) < 4.78 is 13.5. The van der Waals surface area contributed by atoms with Gasteiger partial charge in [-0.1, -0.05) is 15.9 Å². The number of carbonyl (C=O) groups is 1. The van der Waals surface area contributed by atoms with Crippen molar-refractivity contribution in [1.82, 2.24) is 4.90 Å². The fourth-order valence-corrected chi connectivity index (χ4v) is 3.09. The van der Waals surface area contributed by atoms with E-state index in [9.17, 15) is 19.3 Å².